The molecule has 0 aliphatic heterocycles. The number of nitrogens with zero attached hydrogens (tertiary/aromatic N) is 4. The molecule has 0 atom stereocenters. The number of imidazole rings is 1. The number of anilines is 2. The van der Waals surface area contributed by atoms with E-state index in [1.165, 1.54) is 36.4 Å². The van der Waals surface area contributed by atoms with Crippen molar-refractivity contribution in [3.63, 3.8) is 0 Å². The quantitative estimate of drug-likeness (QED) is 0.335. The summed E-state index contributed by atoms with van der Waals surface area (Å²) in [5, 5.41) is 5.08. The summed E-state index contributed by atoms with van der Waals surface area (Å²) in [4.78, 5) is 25.4. The van der Waals surface area contributed by atoms with E-state index in [9.17, 15) is 13.6 Å². The Morgan fingerprint density at radius 1 is 0.943 bits per heavy atom. The minimum Gasteiger partial charge on any atom is -0.454 e. The van der Waals surface area contributed by atoms with Crippen LogP contribution in [0.15, 0.2) is 79.4 Å². The number of nitrogens with one attached hydrogen (secondary N) is 2. The first-order valence-electron chi connectivity index (χ1n) is 10.5. The van der Waals surface area contributed by atoms with E-state index in [2.05, 4.69) is 25.6 Å². The van der Waals surface area contributed by atoms with Gasteiger partial charge < -0.3 is 15.4 Å². The van der Waals surface area contributed by atoms with Gasteiger partial charge in [0.2, 0.25) is 0 Å². The van der Waals surface area contributed by atoms with Crippen LogP contribution in [0, 0.1) is 18.6 Å². The second kappa shape index (κ2) is 9.18. The van der Waals surface area contributed by atoms with Gasteiger partial charge in [-0.1, -0.05) is 6.07 Å². The summed E-state index contributed by atoms with van der Waals surface area (Å²) < 4.78 is 35.3. The van der Waals surface area contributed by atoms with E-state index < -0.39 is 17.7 Å². The highest BCUT2D eigenvalue weighted by Gasteiger charge is 2.11. The number of amides is 2. The van der Waals surface area contributed by atoms with Crippen LogP contribution in [0.5, 0.6) is 11.5 Å². The summed E-state index contributed by atoms with van der Waals surface area (Å²) in [7, 11) is 0. The fourth-order valence-corrected chi connectivity index (χ4v) is 3.36. The molecular formula is C25H18F2N6O2. The lowest BCUT2D eigenvalue weighted by molar-refractivity contribution is 0.262. The Hall–Kier alpha value is -4.86. The number of rotatable bonds is 5. The molecule has 0 unspecified atom stereocenters. The molecule has 0 spiro atoms. The molecule has 0 fully saturated rings. The van der Waals surface area contributed by atoms with Crippen molar-refractivity contribution in [2.45, 2.75) is 6.92 Å². The predicted octanol–water partition coefficient (Wildman–Crippen LogP) is 5.84. The highest BCUT2D eigenvalue weighted by molar-refractivity contribution is 5.99. The Morgan fingerprint density at radius 2 is 1.77 bits per heavy atom. The van der Waals surface area contributed by atoms with Crippen molar-refractivity contribution in [1.29, 1.82) is 0 Å². The fraction of sp³-hybridized carbons (Fsp3) is 0.0400. The SMILES string of the molecule is Cc1cn(-c2cnc3ccc(Oc4cc(NC(=O)Nc5cccc(F)c5)ccc4F)cc3n2)cn1. The largest absolute Gasteiger partial charge is 0.454 e. The summed E-state index contributed by atoms with van der Waals surface area (Å²) in [5.74, 6) is -0.271. The second-order valence-corrected chi connectivity index (χ2v) is 7.64. The van der Waals surface area contributed by atoms with Crippen LogP contribution in [0.2, 0.25) is 0 Å². The maximum absolute atomic E-state index is 14.5. The summed E-state index contributed by atoms with van der Waals surface area (Å²) in [6.07, 6.45) is 5.10. The second-order valence-electron chi connectivity index (χ2n) is 7.64. The number of carbonyl (C=O) groups excluding carboxylic acids is 1. The zero-order chi connectivity index (χ0) is 24.4. The van der Waals surface area contributed by atoms with Gasteiger partial charge >= 0.3 is 6.03 Å². The zero-order valence-electron chi connectivity index (χ0n) is 18.4. The number of carbonyl (C=O) groups is 1. The van der Waals surface area contributed by atoms with Crippen LogP contribution in [0.25, 0.3) is 16.9 Å². The van der Waals surface area contributed by atoms with Gasteiger partial charge in [-0.25, -0.2) is 23.5 Å². The molecule has 35 heavy (non-hydrogen) atoms. The smallest absolute Gasteiger partial charge is 0.323 e. The highest BCUT2D eigenvalue weighted by atomic mass is 19.1. The van der Waals surface area contributed by atoms with Crippen LogP contribution in [0.3, 0.4) is 0 Å². The minimum atomic E-state index is -0.616. The molecule has 0 saturated carbocycles. The molecule has 2 aromatic heterocycles. The molecule has 2 heterocycles. The molecule has 174 valence electrons. The van der Waals surface area contributed by atoms with Gasteiger partial charge in [-0.2, -0.15) is 0 Å². The van der Waals surface area contributed by atoms with Crippen molar-refractivity contribution in [2.75, 3.05) is 10.6 Å². The average Bonchev–Trinajstić information content (AvgIpc) is 3.27. The molecule has 3 aromatic carbocycles. The maximum atomic E-state index is 14.5. The van der Waals surface area contributed by atoms with Crippen molar-refractivity contribution >= 4 is 28.4 Å². The summed E-state index contributed by atoms with van der Waals surface area (Å²) in [5.41, 5.74) is 2.60. The van der Waals surface area contributed by atoms with Crippen LogP contribution >= 0.6 is 0 Å². The summed E-state index contributed by atoms with van der Waals surface area (Å²) in [6, 6.07) is 13.8. The van der Waals surface area contributed by atoms with Gasteiger partial charge in [0.05, 0.1) is 22.9 Å². The van der Waals surface area contributed by atoms with E-state index in [0.717, 1.165) is 5.69 Å². The normalized spacial score (nSPS) is 10.8. The van der Waals surface area contributed by atoms with Crippen molar-refractivity contribution in [3.05, 3.63) is 96.7 Å². The standard InChI is InChI=1S/C25H18F2N6O2/c1-15-13-33(14-29-15)24-12-28-21-8-6-19(11-22(21)32-24)35-23-10-18(5-7-20(23)27)31-25(34)30-17-4-2-3-16(26)9-17/h2-14H,1H3,(H2,30,31,34). The van der Waals surface area contributed by atoms with Gasteiger partial charge in [-0.05, 0) is 49.4 Å². The van der Waals surface area contributed by atoms with E-state index in [-0.39, 0.29) is 17.1 Å². The molecular weight excluding hydrogens is 454 g/mol. The number of hydrogen-bond acceptors (Lipinski definition) is 5. The lowest BCUT2D eigenvalue weighted by atomic mass is 10.2. The molecule has 0 aliphatic carbocycles. The first kappa shape index (κ1) is 22.0. The molecule has 8 nitrogen and oxygen atoms in total. The Morgan fingerprint density at radius 3 is 2.54 bits per heavy atom. The van der Waals surface area contributed by atoms with Gasteiger partial charge in [0.1, 0.15) is 17.9 Å². The van der Waals surface area contributed by atoms with Gasteiger partial charge in [-0.15, -0.1) is 0 Å². The first-order valence-corrected chi connectivity index (χ1v) is 10.5. The number of urea groups is 1. The molecule has 0 radical (unpaired) electrons. The number of hydrogen-bond donors (Lipinski definition) is 2. The number of ether oxygens (including phenoxy) is 1. The van der Waals surface area contributed by atoms with Crippen molar-refractivity contribution in [1.82, 2.24) is 19.5 Å². The molecule has 2 amide bonds. The van der Waals surface area contributed by atoms with E-state index in [1.807, 2.05) is 13.1 Å². The van der Waals surface area contributed by atoms with E-state index >= 15 is 0 Å². The lowest BCUT2D eigenvalue weighted by Crippen LogP contribution is -2.19. The molecule has 0 bridgehead atoms. The third-order valence-corrected chi connectivity index (χ3v) is 4.98. The van der Waals surface area contributed by atoms with Crippen LogP contribution < -0.4 is 15.4 Å². The lowest BCUT2D eigenvalue weighted by Gasteiger charge is -2.11. The number of halogens is 2. The van der Waals surface area contributed by atoms with Crippen LogP contribution in [-0.4, -0.2) is 25.6 Å². The minimum absolute atomic E-state index is 0.0951. The molecule has 10 heteroatoms. The predicted molar refractivity (Wildman–Crippen MR) is 127 cm³/mol. The van der Waals surface area contributed by atoms with E-state index in [0.29, 0.717) is 22.6 Å². The van der Waals surface area contributed by atoms with Crippen LogP contribution in [-0.2, 0) is 0 Å². The van der Waals surface area contributed by atoms with Gasteiger partial charge in [-0.3, -0.25) is 9.55 Å². The van der Waals surface area contributed by atoms with Crippen molar-refractivity contribution in [3.8, 4) is 17.3 Å². The zero-order valence-corrected chi connectivity index (χ0v) is 18.4. The molecule has 0 saturated heterocycles. The van der Waals surface area contributed by atoms with Crippen LogP contribution in [0.1, 0.15) is 5.69 Å². The molecule has 0 aliphatic rings. The number of aromatic nitrogens is 4. The van der Waals surface area contributed by atoms with Gasteiger partial charge in [0, 0.05) is 29.7 Å². The van der Waals surface area contributed by atoms with Crippen LogP contribution in [0.4, 0.5) is 25.0 Å². The summed E-state index contributed by atoms with van der Waals surface area (Å²) in [6.45, 7) is 1.87. The number of fused-ring (bicyclic) bond motifs is 1. The number of aryl methyl sites for hydroxylation is 1. The third-order valence-electron chi connectivity index (χ3n) is 4.98. The molecule has 2 N–H and O–H groups in total. The topological polar surface area (TPSA) is 94.0 Å². The Bertz CT molecular complexity index is 1550. The molecule has 5 aromatic rings. The van der Waals surface area contributed by atoms with Crippen molar-refractivity contribution < 1.29 is 18.3 Å². The maximum Gasteiger partial charge on any atom is 0.323 e. The highest BCUT2D eigenvalue weighted by Crippen LogP contribution is 2.29. The fourth-order valence-electron chi connectivity index (χ4n) is 3.36. The summed E-state index contributed by atoms with van der Waals surface area (Å²) >= 11 is 0. The van der Waals surface area contributed by atoms with Crippen molar-refractivity contribution in [2.24, 2.45) is 0 Å². The van der Waals surface area contributed by atoms with E-state index in [1.54, 1.807) is 41.4 Å². The third kappa shape index (κ3) is 5.06. The Labute approximate surface area is 198 Å². The number of benzene rings is 3. The average molecular weight is 472 g/mol. The Kier molecular flexibility index (Phi) is 5.76. The first-order chi connectivity index (χ1) is 16.9. The van der Waals surface area contributed by atoms with Gasteiger partial charge in [0.25, 0.3) is 0 Å². The Balaban J connectivity index is 1.35. The van der Waals surface area contributed by atoms with Gasteiger partial charge in [0.15, 0.2) is 17.4 Å². The molecule has 5 rings (SSSR count). The monoisotopic (exact) mass is 472 g/mol. The van der Waals surface area contributed by atoms with E-state index in [4.69, 9.17) is 4.74 Å².